The van der Waals surface area contributed by atoms with Gasteiger partial charge in [-0.3, -0.25) is 4.79 Å². The number of methoxy groups -OCH3 is 1. The zero-order valence-corrected chi connectivity index (χ0v) is 18.9. The predicted octanol–water partition coefficient (Wildman–Crippen LogP) is 3.70. The van der Waals surface area contributed by atoms with E-state index in [0.29, 0.717) is 28.9 Å². The maximum absolute atomic E-state index is 12.6. The van der Waals surface area contributed by atoms with E-state index < -0.39 is 5.63 Å². The number of ether oxygens (including phenoxy) is 1. The molecule has 1 aliphatic heterocycles. The number of benzene rings is 2. The van der Waals surface area contributed by atoms with E-state index in [0.717, 1.165) is 42.6 Å². The first kappa shape index (κ1) is 22.4. The summed E-state index contributed by atoms with van der Waals surface area (Å²) in [5, 5.41) is 12.9. The molecule has 0 bridgehead atoms. The van der Waals surface area contributed by atoms with Gasteiger partial charge in [-0.2, -0.15) is 5.26 Å². The molecule has 0 spiro atoms. The maximum Gasteiger partial charge on any atom is 0.339 e. The molecule has 1 fully saturated rings. The van der Waals surface area contributed by atoms with E-state index in [4.69, 9.17) is 14.4 Å². The van der Waals surface area contributed by atoms with Crippen molar-refractivity contribution >= 4 is 22.6 Å². The molecule has 0 unspecified atom stereocenters. The molecule has 4 rings (SSSR count). The highest BCUT2D eigenvalue weighted by Crippen LogP contribution is 2.25. The Balaban J connectivity index is 1.32. The molecule has 0 atom stereocenters. The van der Waals surface area contributed by atoms with Crippen molar-refractivity contribution in [1.82, 2.24) is 5.32 Å². The first-order chi connectivity index (χ1) is 16.0. The number of fused-ring (bicyclic) bond motifs is 1. The van der Waals surface area contributed by atoms with Crippen LogP contribution in [0, 0.1) is 18.3 Å². The Bertz CT molecular complexity index is 1250. The van der Waals surface area contributed by atoms with Crippen LogP contribution < -0.4 is 20.6 Å². The van der Waals surface area contributed by atoms with Crippen molar-refractivity contribution < 1.29 is 13.9 Å². The zero-order chi connectivity index (χ0) is 23.4. The molecule has 2 heterocycles. The Morgan fingerprint density at radius 1 is 1.21 bits per heavy atom. The lowest BCUT2D eigenvalue weighted by atomic mass is 10.0. The average Bonchev–Trinajstić information content (AvgIpc) is 2.84. The molecule has 1 N–H and O–H groups in total. The molecule has 33 heavy (non-hydrogen) atoms. The second-order valence-corrected chi connectivity index (χ2v) is 8.34. The Labute approximate surface area is 192 Å². The van der Waals surface area contributed by atoms with Crippen LogP contribution in [-0.4, -0.2) is 32.1 Å². The summed E-state index contributed by atoms with van der Waals surface area (Å²) in [4.78, 5) is 27.3. The van der Waals surface area contributed by atoms with Gasteiger partial charge in [0, 0.05) is 48.3 Å². The summed E-state index contributed by atoms with van der Waals surface area (Å²) < 4.78 is 10.7. The predicted molar refractivity (Wildman–Crippen MR) is 127 cm³/mol. The van der Waals surface area contributed by atoms with Crippen molar-refractivity contribution in [3.63, 3.8) is 0 Å². The molecule has 170 valence electrons. The molecule has 1 aromatic heterocycles. The molecule has 1 saturated heterocycles. The van der Waals surface area contributed by atoms with Gasteiger partial charge in [-0.1, -0.05) is 0 Å². The van der Waals surface area contributed by atoms with Gasteiger partial charge in [-0.05, 0) is 68.1 Å². The van der Waals surface area contributed by atoms with Gasteiger partial charge in [-0.25, -0.2) is 4.79 Å². The Morgan fingerprint density at radius 2 is 1.94 bits per heavy atom. The quantitative estimate of drug-likeness (QED) is 0.582. The van der Waals surface area contributed by atoms with Crippen LogP contribution in [0.1, 0.15) is 36.0 Å². The van der Waals surface area contributed by atoms with E-state index in [1.165, 1.54) is 0 Å². The van der Waals surface area contributed by atoms with Crippen molar-refractivity contribution in [3.05, 3.63) is 69.6 Å². The largest absolute Gasteiger partial charge is 0.497 e. The van der Waals surface area contributed by atoms with Crippen LogP contribution in [0.3, 0.4) is 0 Å². The first-order valence-electron chi connectivity index (χ1n) is 11.1. The van der Waals surface area contributed by atoms with Crippen LogP contribution in [0.4, 0.5) is 5.69 Å². The van der Waals surface area contributed by atoms with Gasteiger partial charge in [0.05, 0.1) is 18.7 Å². The lowest BCUT2D eigenvalue weighted by Gasteiger charge is -2.34. The minimum atomic E-state index is -0.406. The number of carbonyl (C=O) groups is 1. The summed E-state index contributed by atoms with van der Waals surface area (Å²) in [6.45, 7) is 3.57. The molecular formula is C26H27N3O4. The molecule has 1 amide bonds. The van der Waals surface area contributed by atoms with Crippen LogP contribution in [0.5, 0.6) is 5.75 Å². The first-order valence-corrected chi connectivity index (χ1v) is 11.1. The summed E-state index contributed by atoms with van der Waals surface area (Å²) in [5.41, 5.74) is 3.20. The molecule has 1 aliphatic rings. The van der Waals surface area contributed by atoms with Gasteiger partial charge in [-0.15, -0.1) is 0 Å². The summed E-state index contributed by atoms with van der Waals surface area (Å²) in [6.07, 6.45) is 2.28. The van der Waals surface area contributed by atoms with Gasteiger partial charge in [0.2, 0.25) is 5.91 Å². The molecule has 2 aromatic carbocycles. The second kappa shape index (κ2) is 9.78. The minimum Gasteiger partial charge on any atom is -0.497 e. The standard InChI is InChI=1S/C26H27N3O4/c1-17-22-8-7-21(32-2)15-24(22)33-26(31)23(17)9-10-25(30)28-19-11-13-29(14-12-19)20-5-3-18(16-27)4-6-20/h3-8,15,19H,9-14H2,1-2H3,(H,28,30). The molecule has 0 radical (unpaired) electrons. The van der Waals surface area contributed by atoms with Crippen molar-refractivity contribution in [1.29, 1.82) is 5.26 Å². The third-order valence-electron chi connectivity index (χ3n) is 6.32. The second-order valence-electron chi connectivity index (χ2n) is 8.34. The number of nitriles is 1. The number of anilines is 1. The number of piperidine rings is 1. The van der Waals surface area contributed by atoms with Crippen LogP contribution in [0.25, 0.3) is 11.0 Å². The van der Waals surface area contributed by atoms with E-state index >= 15 is 0 Å². The molecule has 0 saturated carbocycles. The van der Waals surface area contributed by atoms with Crippen molar-refractivity contribution in [2.24, 2.45) is 0 Å². The van der Waals surface area contributed by atoms with Gasteiger partial charge < -0.3 is 19.4 Å². The number of hydrogen-bond donors (Lipinski definition) is 1. The van der Waals surface area contributed by atoms with E-state index in [1.807, 2.05) is 43.3 Å². The normalized spacial score (nSPS) is 14.2. The third-order valence-corrected chi connectivity index (χ3v) is 6.32. The highest BCUT2D eigenvalue weighted by Gasteiger charge is 2.21. The van der Waals surface area contributed by atoms with Gasteiger partial charge >= 0.3 is 5.63 Å². The van der Waals surface area contributed by atoms with E-state index in [1.54, 1.807) is 13.2 Å². The van der Waals surface area contributed by atoms with Crippen molar-refractivity contribution in [2.45, 2.75) is 38.6 Å². The molecule has 7 heteroatoms. The number of aryl methyl sites for hydroxylation is 1. The lowest BCUT2D eigenvalue weighted by Crippen LogP contribution is -2.44. The molecule has 0 aliphatic carbocycles. The Kier molecular flexibility index (Phi) is 6.64. The van der Waals surface area contributed by atoms with E-state index in [-0.39, 0.29) is 18.4 Å². The number of rotatable bonds is 6. The van der Waals surface area contributed by atoms with Gasteiger partial charge in [0.15, 0.2) is 0 Å². The highest BCUT2D eigenvalue weighted by atomic mass is 16.5. The summed E-state index contributed by atoms with van der Waals surface area (Å²) in [5.74, 6) is 0.572. The van der Waals surface area contributed by atoms with Crippen LogP contribution >= 0.6 is 0 Å². The smallest absolute Gasteiger partial charge is 0.339 e. The zero-order valence-electron chi connectivity index (χ0n) is 18.9. The fourth-order valence-corrected chi connectivity index (χ4v) is 4.36. The minimum absolute atomic E-state index is 0.0551. The summed E-state index contributed by atoms with van der Waals surface area (Å²) in [7, 11) is 1.57. The van der Waals surface area contributed by atoms with Crippen molar-refractivity contribution in [2.75, 3.05) is 25.1 Å². The monoisotopic (exact) mass is 445 g/mol. The molecule has 3 aromatic rings. The maximum atomic E-state index is 12.6. The summed E-state index contributed by atoms with van der Waals surface area (Å²) >= 11 is 0. The lowest BCUT2D eigenvalue weighted by molar-refractivity contribution is -0.121. The van der Waals surface area contributed by atoms with Crippen LogP contribution in [0.15, 0.2) is 51.7 Å². The summed E-state index contributed by atoms with van der Waals surface area (Å²) in [6, 6.07) is 15.2. The fraction of sp³-hybridized carbons (Fsp3) is 0.346. The van der Waals surface area contributed by atoms with Gasteiger partial charge in [0.25, 0.3) is 0 Å². The van der Waals surface area contributed by atoms with E-state index in [2.05, 4.69) is 16.3 Å². The number of carbonyl (C=O) groups excluding carboxylic acids is 1. The van der Waals surface area contributed by atoms with Gasteiger partial charge in [0.1, 0.15) is 11.3 Å². The average molecular weight is 446 g/mol. The number of hydrogen-bond acceptors (Lipinski definition) is 6. The van der Waals surface area contributed by atoms with Crippen LogP contribution in [-0.2, 0) is 11.2 Å². The Morgan fingerprint density at radius 3 is 2.61 bits per heavy atom. The Hall–Kier alpha value is -3.79. The van der Waals surface area contributed by atoms with Crippen LogP contribution in [0.2, 0.25) is 0 Å². The number of amides is 1. The van der Waals surface area contributed by atoms with Crippen molar-refractivity contribution in [3.8, 4) is 11.8 Å². The highest BCUT2D eigenvalue weighted by molar-refractivity contribution is 5.82. The third kappa shape index (κ3) is 5.01. The topological polar surface area (TPSA) is 95.6 Å². The number of nitrogens with zero attached hydrogens (tertiary/aromatic N) is 2. The fourth-order valence-electron chi connectivity index (χ4n) is 4.36. The number of nitrogens with one attached hydrogen (secondary N) is 1. The molecule has 7 nitrogen and oxygen atoms in total. The molecular weight excluding hydrogens is 418 g/mol. The SMILES string of the molecule is COc1ccc2c(C)c(CCC(=O)NC3CCN(c4ccc(C#N)cc4)CC3)c(=O)oc2c1. The van der Waals surface area contributed by atoms with E-state index in [9.17, 15) is 9.59 Å².